The highest BCUT2D eigenvalue weighted by molar-refractivity contribution is 5.75. The minimum atomic E-state index is -0.368. The van der Waals surface area contributed by atoms with Crippen LogP contribution in [0.4, 0.5) is 4.39 Å². The van der Waals surface area contributed by atoms with Crippen molar-refractivity contribution >= 4 is 5.91 Å². The van der Waals surface area contributed by atoms with Gasteiger partial charge in [-0.05, 0) is 34.5 Å². The molecule has 0 spiro atoms. The summed E-state index contributed by atoms with van der Waals surface area (Å²) in [5.74, 6) is 0.309. The Morgan fingerprint density at radius 3 is 2.95 bits per heavy atom. The highest BCUT2D eigenvalue weighted by atomic mass is 19.1. The van der Waals surface area contributed by atoms with Gasteiger partial charge in [0.25, 0.3) is 0 Å². The van der Waals surface area contributed by atoms with Crippen molar-refractivity contribution in [3.8, 4) is 5.69 Å². The van der Waals surface area contributed by atoms with E-state index in [9.17, 15) is 9.18 Å². The zero-order valence-corrected chi connectivity index (χ0v) is 11.4. The standard InChI is InChI=1S/C13H16FN5O/c1-9(2)6-13(20)15-8-12-16-17-18-19(12)11-5-3-4-10(14)7-11/h3-5,7,9H,6,8H2,1-2H3,(H,15,20). The number of benzene rings is 1. The third-order valence-electron chi connectivity index (χ3n) is 2.62. The summed E-state index contributed by atoms with van der Waals surface area (Å²) in [6.45, 7) is 4.14. The number of nitrogens with zero attached hydrogens (tertiary/aromatic N) is 4. The monoisotopic (exact) mass is 277 g/mol. The maximum Gasteiger partial charge on any atom is 0.220 e. The van der Waals surface area contributed by atoms with Crippen LogP contribution in [0.25, 0.3) is 5.69 Å². The van der Waals surface area contributed by atoms with Gasteiger partial charge >= 0.3 is 0 Å². The molecule has 0 unspecified atom stereocenters. The van der Waals surface area contributed by atoms with E-state index < -0.39 is 0 Å². The molecular formula is C13H16FN5O. The van der Waals surface area contributed by atoms with Crippen LogP contribution < -0.4 is 5.32 Å². The van der Waals surface area contributed by atoms with Crippen LogP contribution in [-0.4, -0.2) is 26.1 Å². The molecule has 0 saturated carbocycles. The Morgan fingerprint density at radius 1 is 1.45 bits per heavy atom. The molecule has 0 radical (unpaired) electrons. The Balaban J connectivity index is 2.08. The minimum Gasteiger partial charge on any atom is -0.349 e. The fraction of sp³-hybridized carbons (Fsp3) is 0.385. The molecule has 1 N–H and O–H groups in total. The van der Waals surface area contributed by atoms with Crippen molar-refractivity contribution in [1.82, 2.24) is 25.5 Å². The fourth-order valence-corrected chi connectivity index (χ4v) is 1.74. The summed E-state index contributed by atoms with van der Waals surface area (Å²) in [6, 6.07) is 5.94. The van der Waals surface area contributed by atoms with Crippen LogP contribution in [0.3, 0.4) is 0 Å². The number of nitrogens with one attached hydrogen (secondary N) is 1. The van der Waals surface area contributed by atoms with E-state index in [1.807, 2.05) is 13.8 Å². The summed E-state index contributed by atoms with van der Waals surface area (Å²) in [4.78, 5) is 11.6. The number of carbonyl (C=O) groups is 1. The van der Waals surface area contributed by atoms with Gasteiger partial charge in [-0.25, -0.2) is 4.39 Å². The van der Waals surface area contributed by atoms with Gasteiger partial charge in [0, 0.05) is 6.42 Å². The number of amides is 1. The molecule has 106 valence electrons. The Hall–Kier alpha value is -2.31. The second-order valence-electron chi connectivity index (χ2n) is 4.86. The first-order chi connectivity index (χ1) is 9.56. The molecule has 0 atom stereocenters. The van der Waals surface area contributed by atoms with Gasteiger partial charge < -0.3 is 5.32 Å². The van der Waals surface area contributed by atoms with Crippen molar-refractivity contribution in [3.05, 3.63) is 35.9 Å². The SMILES string of the molecule is CC(C)CC(=O)NCc1nnnn1-c1cccc(F)c1. The molecule has 1 aromatic heterocycles. The zero-order valence-electron chi connectivity index (χ0n) is 11.4. The lowest BCUT2D eigenvalue weighted by atomic mass is 10.1. The number of hydrogen-bond donors (Lipinski definition) is 1. The maximum atomic E-state index is 13.2. The van der Waals surface area contributed by atoms with E-state index in [1.165, 1.54) is 16.8 Å². The number of halogens is 1. The summed E-state index contributed by atoms with van der Waals surface area (Å²) in [5, 5.41) is 13.9. The van der Waals surface area contributed by atoms with Gasteiger partial charge in [0.1, 0.15) is 5.82 Å². The van der Waals surface area contributed by atoms with Gasteiger partial charge in [-0.3, -0.25) is 4.79 Å². The Bertz CT molecular complexity index is 596. The topological polar surface area (TPSA) is 72.7 Å². The Labute approximate surface area is 116 Å². The van der Waals surface area contributed by atoms with Gasteiger partial charge in [0.15, 0.2) is 5.82 Å². The summed E-state index contributed by atoms with van der Waals surface area (Å²) in [5.41, 5.74) is 0.517. The van der Waals surface area contributed by atoms with E-state index in [-0.39, 0.29) is 24.2 Å². The van der Waals surface area contributed by atoms with Gasteiger partial charge in [-0.1, -0.05) is 19.9 Å². The second kappa shape index (κ2) is 6.23. The molecule has 0 fully saturated rings. The first kappa shape index (κ1) is 14.1. The minimum absolute atomic E-state index is 0.0613. The van der Waals surface area contributed by atoms with Crippen LogP contribution in [0.5, 0.6) is 0 Å². The molecule has 0 aliphatic rings. The molecule has 0 bridgehead atoms. The molecule has 0 aliphatic carbocycles. The number of tetrazole rings is 1. The molecule has 0 saturated heterocycles. The molecule has 20 heavy (non-hydrogen) atoms. The van der Waals surface area contributed by atoms with Gasteiger partial charge in [0.2, 0.25) is 5.91 Å². The first-order valence-corrected chi connectivity index (χ1v) is 6.36. The molecular weight excluding hydrogens is 261 g/mol. The largest absolute Gasteiger partial charge is 0.349 e. The zero-order chi connectivity index (χ0) is 14.5. The molecule has 6 nitrogen and oxygen atoms in total. The van der Waals surface area contributed by atoms with Crippen molar-refractivity contribution in [3.63, 3.8) is 0 Å². The average molecular weight is 277 g/mol. The van der Waals surface area contributed by atoms with E-state index in [0.717, 1.165) is 0 Å². The lowest BCUT2D eigenvalue weighted by molar-refractivity contribution is -0.122. The lowest BCUT2D eigenvalue weighted by Gasteiger charge is -2.07. The summed E-state index contributed by atoms with van der Waals surface area (Å²) in [7, 11) is 0. The van der Waals surface area contributed by atoms with Crippen LogP contribution in [0, 0.1) is 11.7 Å². The average Bonchev–Trinajstić information content (AvgIpc) is 2.84. The van der Waals surface area contributed by atoms with Crippen molar-refractivity contribution in [2.45, 2.75) is 26.8 Å². The molecule has 1 aromatic carbocycles. The van der Waals surface area contributed by atoms with Crippen molar-refractivity contribution < 1.29 is 9.18 Å². The highest BCUT2D eigenvalue weighted by Gasteiger charge is 2.11. The highest BCUT2D eigenvalue weighted by Crippen LogP contribution is 2.09. The molecule has 2 rings (SSSR count). The van der Waals surface area contributed by atoms with Crippen LogP contribution >= 0.6 is 0 Å². The van der Waals surface area contributed by atoms with E-state index in [1.54, 1.807) is 12.1 Å². The summed E-state index contributed by atoms with van der Waals surface area (Å²) >= 11 is 0. The van der Waals surface area contributed by atoms with Crippen LogP contribution in [0.2, 0.25) is 0 Å². The van der Waals surface area contributed by atoms with E-state index in [0.29, 0.717) is 17.9 Å². The number of hydrogen-bond acceptors (Lipinski definition) is 4. The molecule has 1 heterocycles. The fourth-order valence-electron chi connectivity index (χ4n) is 1.74. The normalized spacial score (nSPS) is 10.8. The maximum absolute atomic E-state index is 13.2. The predicted molar refractivity (Wildman–Crippen MR) is 70.4 cm³/mol. The lowest BCUT2D eigenvalue weighted by Crippen LogP contribution is -2.25. The molecule has 1 amide bonds. The van der Waals surface area contributed by atoms with Gasteiger partial charge in [-0.15, -0.1) is 5.10 Å². The van der Waals surface area contributed by atoms with E-state index in [2.05, 4.69) is 20.8 Å². The Kier molecular flexibility index (Phi) is 4.39. The van der Waals surface area contributed by atoms with Crippen molar-refractivity contribution in [2.75, 3.05) is 0 Å². The first-order valence-electron chi connectivity index (χ1n) is 6.36. The van der Waals surface area contributed by atoms with Crippen LogP contribution in [0.1, 0.15) is 26.1 Å². The molecule has 7 heteroatoms. The van der Waals surface area contributed by atoms with Crippen LogP contribution in [-0.2, 0) is 11.3 Å². The van der Waals surface area contributed by atoms with Crippen molar-refractivity contribution in [1.29, 1.82) is 0 Å². The smallest absolute Gasteiger partial charge is 0.220 e. The second-order valence-corrected chi connectivity index (χ2v) is 4.86. The number of aromatic nitrogens is 4. The third-order valence-corrected chi connectivity index (χ3v) is 2.62. The summed E-state index contributed by atoms with van der Waals surface area (Å²) in [6.07, 6.45) is 0.446. The van der Waals surface area contributed by atoms with Gasteiger partial charge in [-0.2, -0.15) is 4.68 Å². The third kappa shape index (κ3) is 3.59. The predicted octanol–water partition coefficient (Wildman–Crippen LogP) is 1.46. The van der Waals surface area contributed by atoms with E-state index >= 15 is 0 Å². The van der Waals surface area contributed by atoms with E-state index in [4.69, 9.17) is 0 Å². The van der Waals surface area contributed by atoms with Crippen LogP contribution in [0.15, 0.2) is 24.3 Å². The molecule has 0 aliphatic heterocycles. The van der Waals surface area contributed by atoms with Gasteiger partial charge in [0.05, 0.1) is 12.2 Å². The Morgan fingerprint density at radius 2 is 2.25 bits per heavy atom. The number of rotatable bonds is 5. The summed E-state index contributed by atoms with van der Waals surface area (Å²) < 4.78 is 14.6. The van der Waals surface area contributed by atoms with Crippen molar-refractivity contribution in [2.24, 2.45) is 5.92 Å². The quantitative estimate of drug-likeness (QED) is 0.898. The molecule has 2 aromatic rings. The number of carbonyl (C=O) groups excluding carboxylic acids is 1.